The summed E-state index contributed by atoms with van der Waals surface area (Å²) < 4.78 is 4.99. The van der Waals surface area contributed by atoms with Crippen LogP contribution in [0.4, 0.5) is 0 Å². The molecular formula is C11H17N3O2S. The molecule has 17 heavy (non-hydrogen) atoms. The van der Waals surface area contributed by atoms with E-state index in [0.717, 1.165) is 19.6 Å². The van der Waals surface area contributed by atoms with Crippen molar-refractivity contribution in [3.05, 3.63) is 16.6 Å². The molecule has 1 aliphatic heterocycles. The molecule has 1 fully saturated rings. The van der Waals surface area contributed by atoms with Crippen LogP contribution in [0.5, 0.6) is 0 Å². The quantitative estimate of drug-likeness (QED) is 0.765. The first kappa shape index (κ1) is 12.5. The van der Waals surface area contributed by atoms with Crippen LogP contribution in [0.1, 0.15) is 4.88 Å². The monoisotopic (exact) mass is 255 g/mol. The number of hydrogen-bond donors (Lipinski definition) is 0. The molecule has 0 aliphatic carbocycles. The minimum atomic E-state index is 0.192. The predicted molar refractivity (Wildman–Crippen MR) is 65.8 cm³/mol. The van der Waals surface area contributed by atoms with Gasteiger partial charge in [-0.05, 0) is 0 Å². The molecular weight excluding hydrogens is 238 g/mol. The van der Waals surface area contributed by atoms with Crippen molar-refractivity contribution in [3.63, 3.8) is 0 Å². The fraction of sp³-hybridized carbons (Fsp3) is 0.636. The lowest BCUT2D eigenvalue weighted by Crippen LogP contribution is -2.50. The molecule has 2 rings (SSSR count). The lowest BCUT2D eigenvalue weighted by atomic mass is 10.3. The first-order valence-corrected chi connectivity index (χ1v) is 6.54. The molecule has 0 N–H and O–H groups in total. The van der Waals surface area contributed by atoms with E-state index < -0.39 is 0 Å². The lowest BCUT2D eigenvalue weighted by Gasteiger charge is -2.33. The maximum atomic E-state index is 11.9. The Balaban J connectivity index is 1.80. The first-order valence-electron chi connectivity index (χ1n) is 5.66. The van der Waals surface area contributed by atoms with Crippen molar-refractivity contribution in [2.75, 3.05) is 39.9 Å². The second-order valence-electron chi connectivity index (χ2n) is 4.05. The van der Waals surface area contributed by atoms with Gasteiger partial charge in [-0.2, -0.15) is 0 Å². The fourth-order valence-corrected chi connectivity index (χ4v) is 2.51. The minimum Gasteiger partial charge on any atom is -0.383 e. The van der Waals surface area contributed by atoms with Crippen molar-refractivity contribution in [3.8, 4) is 0 Å². The molecule has 0 unspecified atom stereocenters. The highest BCUT2D eigenvalue weighted by Gasteiger charge is 2.23. The maximum absolute atomic E-state index is 11.9. The average Bonchev–Trinajstić information content (AvgIpc) is 2.81. The van der Waals surface area contributed by atoms with Gasteiger partial charge in [0.15, 0.2) is 0 Å². The second kappa shape index (κ2) is 6.09. The Labute approximate surface area is 105 Å². The van der Waals surface area contributed by atoms with Crippen molar-refractivity contribution in [2.45, 2.75) is 6.54 Å². The highest BCUT2D eigenvalue weighted by molar-refractivity contribution is 7.09. The zero-order valence-corrected chi connectivity index (χ0v) is 10.8. The maximum Gasteiger partial charge on any atom is 0.236 e. The molecule has 2 heterocycles. The third-order valence-corrected chi connectivity index (χ3v) is 3.59. The van der Waals surface area contributed by atoms with Gasteiger partial charge < -0.3 is 9.64 Å². The van der Waals surface area contributed by atoms with Gasteiger partial charge in [-0.15, -0.1) is 11.3 Å². The molecule has 5 nitrogen and oxygen atoms in total. The van der Waals surface area contributed by atoms with Crippen LogP contribution in [-0.2, 0) is 16.1 Å². The Bertz CT molecular complexity index is 356. The van der Waals surface area contributed by atoms with Crippen LogP contribution in [0.3, 0.4) is 0 Å². The summed E-state index contributed by atoms with van der Waals surface area (Å²) in [7, 11) is 1.66. The van der Waals surface area contributed by atoms with E-state index in [9.17, 15) is 4.79 Å². The molecule has 0 radical (unpaired) electrons. The van der Waals surface area contributed by atoms with Gasteiger partial charge in [-0.25, -0.2) is 0 Å². The van der Waals surface area contributed by atoms with Gasteiger partial charge >= 0.3 is 0 Å². The lowest BCUT2D eigenvalue weighted by molar-refractivity contribution is -0.136. The van der Waals surface area contributed by atoms with Crippen LogP contribution in [0.2, 0.25) is 0 Å². The molecule has 0 spiro atoms. The summed E-state index contributed by atoms with van der Waals surface area (Å²) in [4.78, 5) is 21.1. The number of thiazole rings is 1. The SMILES string of the molecule is COCCN1CCN(Cc2cncs2)CC1=O. The van der Waals surface area contributed by atoms with E-state index in [1.54, 1.807) is 18.4 Å². The Hall–Kier alpha value is -0.980. The van der Waals surface area contributed by atoms with Crippen LogP contribution in [-0.4, -0.2) is 60.6 Å². The van der Waals surface area contributed by atoms with Crippen LogP contribution in [0.15, 0.2) is 11.7 Å². The van der Waals surface area contributed by atoms with Gasteiger partial charge in [0.25, 0.3) is 0 Å². The first-order chi connectivity index (χ1) is 8.29. The summed E-state index contributed by atoms with van der Waals surface area (Å²) in [5.74, 6) is 0.192. The van der Waals surface area contributed by atoms with Crippen molar-refractivity contribution in [2.24, 2.45) is 0 Å². The molecule has 1 amide bonds. The largest absolute Gasteiger partial charge is 0.383 e. The summed E-state index contributed by atoms with van der Waals surface area (Å²) in [5, 5.41) is 0. The zero-order chi connectivity index (χ0) is 12.1. The third-order valence-electron chi connectivity index (χ3n) is 2.83. The molecule has 6 heteroatoms. The van der Waals surface area contributed by atoms with Gasteiger partial charge in [0.2, 0.25) is 5.91 Å². The van der Waals surface area contributed by atoms with Crippen LogP contribution in [0, 0.1) is 0 Å². The zero-order valence-electron chi connectivity index (χ0n) is 9.96. The van der Waals surface area contributed by atoms with Crippen molar-refractivity contribution < 1.29 is 9.53 Å². The van der Waals surface area contributed by atoms with E-state index >= 15 is 0 Å². The van der Waals surface area contributed by atoms with Crippen molar-refractivity contribution in [1.29, 1.82) is 0 Å². The Kier molecular flexibility index (Phi) is 4.47. The number of piperazine rings is 1. The van der Waals surface area contributed by atoms with E-state index in [4.69, 9.17) is 4.74 Å². The molecule has 1 saturated heterocycles. The van der Waals surface area contributed by atoms with Gasteiger partial charge in [0, 0.05) is 44.4 Å². The number of methoxy groups -OCH3 is 1. The summed E-state index contributed by atoms with van der Waals surface area (Å²) >= 11 is 1.63. The molecule has 1 aliphatic rings. The summed E-state index contributed by atoms with van der Waals surface area (Å²) in [5.41, 5.74) is 1.83. The van der Waals surface area contributed by atoms with E-state index in [1.165, 1.54) is 4.88 Å². The summed E-state index contributed by atoms with van der Waals surface area (Å²) in [6.07, 6.45) is 1.87. The standard InChI is InChI=1S/C11H17N3O2S/c1-16-5-4-14-3-2-13(8-11(14)15)7-10-6-12-9-17-10/h6,9H,2-5,7-8H2,1H3. The van der Waals surface area contributed by atoms with Crippen molar-refractivity contribution in [1.82, 2.24) is 14.8 Å². The van der Waals surface area contributed by atoms with Crippen LogP contribution in [0.25, 0.3) is 0 Å². The topological polar surface area (TPSA) is 45.7 Å². The molecule has 94 valence electrons. The molecule has 1 aromatic rings. The number of amides is 1. The number of carbonyl (C=O) groups excluding carboxylic acids is 1. The Morgan fingerprint density at radius 2 is 2.41 bits per heavy atom. The number of carbonyl (C=O) groups is 1. The summed E-state index contributed by atoms with van der Waals surface area (Å²) in [6.45, 7) is 4.36. The van der Waals surface area contributed by atoms with E-state index in [2.05, 4.69) is 9.88 Å². The highest BCUT2D eigenvalue weighted by Crippen LogP contribution is 2.12. The predicted octanol–water partition coefficient (Wildman–Crippen LogP) is 0.434. The van der Waals surface area contributed by atoms with Crippen LogP contribution >= 0.6 is 11.3 Å². The third kappa shape index (κ3) is 3.49. The van der Waals surface area contributed by atoms with E-state index in [-0.39, 0.29) is 5.91 Å². The van der Waals surface area contributed by atoms with E-state index in [0.29, 0.717) is 19.7 Å². The minimum absolute atomic E-state index is 0.192. The van der Waals surface area contributed by atoms with Gasteiger partial charge in [0.1, 0.15) is 0 Å². The number of rotatable bonds is 5. The normalized spacial score (nSPS) is 17.7. The molecule has 0 bridgehead atoms. The molecule has 0 saturated carbocycles. The van der Waals surface area contributed by atoms with Gasteiger partial charge in [-0.1, -0.05) is 0 Å². The molecule has 0 aromatic carbocycles. The molecule has 0 atom stereocenters. The summed E-state index contributed by atoms with van der Waals surface area (Å²) in [6, 6.07) is 0. The fourth-order valence-electron chi connectivity index (χ4n) is 1.87. The van der Waals surface area contributed by atoms with E-state index in [1.807, 2.05) is 16.6 Å². The number of aromatic nitrogens is 1. The smallest absolute Gasteiger partial charge is 0.236 e. The van der Waals surface area contributed by atoms with Crippen molar-refractivity contribution >= 4 is 17.2 Å². The number of nitrogens with zero attached hydrogens (tertiary/aromatic N) is 3. The van der Waals surface area contributed by atoms with Gasteiger partial charge in [0.05, 0.1) is 18.7 Å². The Morgan fingerprint density at radius 3 is 3.06 bits per heavy atom. The van der Waals surface area contributed by atoms with Crippen LogP contribution < -0.4 is 0 Å². The average molecular weight is 255 g/mol. The number of hydrogen-bond acceptors (Lipinski definition) is 5. The van der Waals surface area contributed by atoms with Gasteiger partial charge in [-0.3, -0.25) is 14.7 Å². The molecule has 1 aromatic heterocycles. The second-order valence-corrected chi connectivity index (χ2v) is 5.02. The highest BCUT2D eigenvalue weighted by atomic mass is 32.1. The number of ether oxygens (including phenoxy) is 1. The Morgan fingerprint density at radius 1 is 1.53 bits per heavy atom.